The third-order valence-electron chi connectivity index (χ3n) is 5.87. The number of carbonyl (C=O) groups is 1. The minimum absolute atomic E-state index is 0.0617. The summed E-state index contributed by atoms with van der Waals surface area (Å²) < 4.78 is 26.8. The standard InChI is InChI=1S/C25H25F2N3O2/c26-24-17(8-4-9-19(24)15-23(31)32-27)11-13-29-25(18-6-2-1-3-7-18)20-14-22-21(30-16-20)10-5-12-28-22/h1-10,12,20,25,29-30H,11,13-16H2/t20-,25-/m1/s1. The van der Waals surface area contributed by atoms with Gasteiger partial charge in [-0.15, -0.1) is 0 Å². The van der Waals surface area contributed by atoms with Crippen molar-refractivity contribution in [1.29, 1.82) is 0 Å². The second kappa shape index (κ2) is 10.3. The van der Waals surface area contributed by atoms with Crippen LogP contribution in [0, 0.1) is 11.7 Å². The fourth-order valence-corrected chi connectivity index (χ4v) is 4.28. The minimum atomic E-state index is -1.11. The van der Waals surface area contributed by atoms with Crippen LogP contribution < -0.4 is 10.6 Å². The van der Waals surface area contributed by atoms with Crippen molar-refractivity contribution in [3.05, 3.63) is 95.1 Å². The molecular weight excluding hydrogens is 412 g/mol. The number of anilines is 1. The Morgan fingerprint density at radius 2 is 1.94 bits per heavy atom. The van der Waals surface area contributed by atoms with E-state index in [1.54, 1.807) is 12.1 Å². The van der Waals surface area contributed by atoms with Gasteiger partial charge in [0.1, 0.15) is 5.82 Å². The predicted octanol–water partition coefficient (Wildman–Crippen LogP) is 4.35. The molecule has 0 saturated heterocycles. The summed E-state index contributed by atoms with van der Waals surface area (Å²) in [5.41, 5.74) is 3.89. The van der Waals surface area contributed by atoms with Gasteiger partial charge in [-0.2, -0.15) is 0 Å². The van der Waals surface area contributed by atoms with E-state index >= 15 is 0 Å². The number of aromatic nitrogens is 1. The maximum atomic E-state index is 14.8. The molecule has 0 saturated carbocycles. The summed E-state index contributed by atoms with van der Waals surface area (Å²) in [5.74, 6) is -1.33. The molecule has 0 spiro atoms. The molecule has 1 aliphatic heterocycles. The molecule has 5 nitrogen and oxygen atoms in total. The Labute approximate surface area is 185 Å². The van der Waals surface area contributed by atoms with Crippen molar-refractivity contribution in [3.63, 3.8) is 0 Å². The molecule has 0 unspecified atom stereocenters. The van der Waals surface area contributed by atoms with Crippen molar-refractivity contribution in [3.8, 4) is 0 Å². The fraction of sp³-hybridized carbons (Fsp3) is 0.280. The summed E-state index contributed by atoms with van der Waals surface area (Å²) in [7, 11) is 0. The summed E-state index contributed by atoms with van der Waals surface area (Å²) in [6.45, 7) is 1.35. The highest BCUT2D eigenvalue weighted by atomic mass is 19.3. The van der Waals surface area contributed by atoms with Crippen LogP contribution in [0.4, 0.5) is 14.6 Å². The highest BCUT2D eigenvalue weighted by Crippen LogP contribution is 2.31. The zero-order valence-corrected chi connectivity index (χ0v) is 17.6. The van der Waals surface area contributed by atoms with E-state index in [2.05, 4.69) is 32.7 Å². The number of hydrogen-bond acceptors (Lipinski definition) is 5. The molecule has 3 aromatic rings. The summed E-state index contributed by atoms with van der Waals surface area (Å²) in [6.07, 6.45) is 2.65. The lowest BCUT2D eigenvalue weighted by molar-refractivity contribution is -0.182. The Morgan fingerprint density at radius 1 is 1.12 bits per heavy atom. The van der Waals surface area contributed by atoms with Gasteiger partial charge < -0.3 is 10.6 Å². The van der Waals surface area contributed by atoms with Gasteiger partial charge in [-0.25, -0.2) is 9.18 Å². The number of halogens is 2. The number of nitrogens with one attached hydrogen (secondary N) is 2. The van der Waals surface area contributed by atoms with Crippen LogP contribution in [-0.4, -0.2) is 24.0 Å². The van der Waals surface area contributed by atoms with Crippen LogP contribution in [0.1, 0.15) is 28.4 Å². The molecule has 0 amide bonds. The highest BCUT2D eigenvalue weighted by Gasteiger charge is 2.27. The lowest BCUT2D eigenvalue weighted by Gasteiger charge is -2.33. The van der Waals surface area contributed by atoms with Gasteiger partial charge in [-0.3, -0.25) is 9.93 Å². The number of rotatable bonds is 8. The van der Waals surface area contributed by atoms with Crippen molar-refractivity contribution < 1.29 is 18.7 Å². The molecule has 2 atom stereocenters. The van der Waals surface area contributed by atoms with Crippen LogP contribution >= 0.6 is 0 Å². The van der Waals surface area contributed by atoms with E-state index in [1.165, 1.54) is 11.6 Å². The minimum Gasteiger partial charge on any atom is -0.383 e. The van der Waals surface area contributed by atoms with E-state index in [1.807, 2.05) is 36.5 Å². The van der Waals surface area contributed by atoms with Gasteiger partial charge >= 0.3 is 5.97 Å². The van der Waals surface area contributed by atoms with Crippen molar-refractivity contribution >= 4 is 11.7 Å². The average molecular weight is 437 g/mol. The average Bonchev–Trinajstić information content (AvgIpc) is 2.84. The Morgan fingerprint density at radius 3 is 2.75 bits per heavy atom. The Kier molecular flexibility index (Phi) is 7.07. The molecule has 1 aliphatic rings. The predicted molar refractivity (Wildman–Crippen MR) is 118 cm³/mol. The van der Waals surface area contributed by atoms with Crippen molar-refractivity contribution in [2.75, 3.05) is 18.4 Å². The largest absolute Gasteiger partial charge is 0.383 e. The van der Waals surface area contributed by atoms with Gasteiger partial charge in [0.25, 0.3) is 0 Å². The van der Waals surface area contributed by atoms with E-state index < -0.39 is 18.2 Å². The quantitative estimate of drug-likeness (QED) is 0.549. The van der Waals surface area contributed by atoms with Gasteiger partial charge in [0, 0.05) is 29.2 Å². The zero-order valence-electron chi connectivity index (χ0n) is 17.6. The second-order valence-corrected chi connectivity index (χ2v) is 7.95. The Hall–Kier alpha value is -3.32. The zero-order chi connectivity index (χ0) is 22.3. The lowest BCUT2D eigenvalue weighted by atomic mass is 9.86. The molecule has 0 fully saturated rings. The molecule has 2 heterocycles. The Balaban J connectivity index is 1.46. The third kappa shape index (κ3) is 5.11. The van der Waals surface area contributed by atoms with Crippen molar-refractivity contribution in [1.82, 2.24) is 10.3 Å². The van der Waals surface area contributed by atoms with Crippen LogP contribution in [0.25, 0.3) is 0 Å². The van der Waals surface area contributed by atoms with Gasteiger partial charge in [0.15, 0.2) is 0 Å². The van der Waals surface area contributed by atoms with Crippen LogP contribution in [0.2, 0.25) is 0 Å². The number of nitrogens with zero attached hydrogens (tertiary/aromatic N) is 1. The third-order valence-corrected chi connectivity index (χ3v) is 5.87. The Bertz CT molecular complexity index is 1060. The van der Waals surface area contributed by atoms with E-state index in [9.17, 15) is 13.7 Å². The number of benzene rings is 2. The maximum absolute atomic E-state index is 14.8. The molecule has 166 valence electrons. The van der Waals surface area contributed by atoms with Crippen LogP contribution in [-0.2, 0) is 29.0 Å². The molecule has 32 heavy (non-hydrogen) atoms. The summed E-state index contributed by atoms with van der Waals surface area (Å²) in [6, 6.07) is 19.0. The van der Waals surface area contributed by atoms with Crippen molar-refractivity contribution in [2.24, 2.45) is 5.92 Å². The van der Waals surface area contributed by atoms with E-state index in [0.29, 0.717) is 18.5 Å². The summed E-state index contributed by atoms with van der Waals surface area (Å²) >= 11 is 0. The molecule has 7 heteroatoms. The van der Waals surface area contributed by atoms with Crippen molar-refractivity contribution in [2.45, 2.75) is 25.3 Å². The first-order chi connectivity index (χ1) is 15.7. The molecular formula is C25H25F2N3O2. The topological polar surface area (TPSA) is 63.2 Å². The van der Waals surface area contributed by atoms with Gasteiger partial charge in [-0.05, 0) is 48.2 Å². The monoisotopic (exact) mass is 437 g/mol. The summed E-state index contributed by atoms with van der Waals surface area (Å²) in [4.78, 5) is 18.9. The van der Waals surface area contributed by atoms with Gasteiger partial charge in [-0.1, -0.05) is 48.5 Å². The number of pyridine rings is 1. The number of hydrogen-bond donors (Lipinski definition) is 2. The molecule has 2 aromatic carbocycles. The summed E-state index contributed by atoms with van der Waals surface area (Å²) in [5, 5.41) is 7.07. The van der Waals surface area contributed by atoms with E-state index in [-0.39, 0.29) is 17.5 Å². The molecule has 0 aliphatic carbocycles. The van der Waals surface area contributed by atoms with Gasteiger partial charge in [0.05, 0.1) is 17.8 Å². The van der Waals surface area contributed by atoms with Crippen LogP contribution in [0.15, 0.2) is 66.9 Å². The van der Waals surface area contributed by atoms with E-state index in [0.717, 1.165) is 24.3 Å². The number of carbonyl (C=O) groups excluding carboxylic acids is 1. The first-order valence-electron chi connectivity index (χ1n) is 10.7. The van der Waals surface area contributed by atoms with Crippen LogP contribution in [0.3, 0.4) is 0 Å². The molecule has 1 aromatic heterocycles. The lowest BCUT2D eigenvalue weighted by Crippen LogP contribution is -2.37. The van der Waals surface area contributed by atoms with E-state index in [4.69, 9.17) is 0 Å². The number of fused-ring (bicyclic) bond motifs is 1. The smallest absolute Gasteiger partial charge is 0.353 e. The highest BCUT2D eigenvalue weighted by molar-refractivity contribution is 5.72. The molecule has 0 bridgehead atoms. The van der Waals surface area contributed by atoms with Gasteiger partial charge in [0.2, 0.25) is 0 Å². The van der Waals surface area contributed by atoms with Crippen LogP contribution in [0.5, 0.6) is 0 Å². The first kappa shape index (κ1) is 21.9. The normalized spacial score (nSPS) is 16.0. The second-order valence-electron chi connectivity index (χ2n) is 7.95. The molecule has 4 rings (SSSR count). The maximum Gasteiger partial charge on any atom is 0.353 e. The first-order valence-corrected chi connectivity index (χ1v) is 10.7. The SMILES string of the molecule is O=C(Cc1cccc(CCN[C@H](c2ccccc2)[C@H]2CNc3cccnc3C2)c1F)OF. The molecule has 0 radical (unpaired) electrons. The fourth-order valence-electron chi connectivity index (χ4n) is 4.28. The molecule has 2 N–H and O–H groups in total.